The first-order valence-corrected chi connectivity index (χ1v) is 16.2. The number of ether oxygens (including phenoxy) is 1. The number of methoxy groups -OCH3 is 1. The molecule has 1 saturated carbocycles. The van der Waals surface area contributed by atoms with Gasteiger partial charge in [-0.25, -0.2) is 11.4 Å². The van der Waals surface area contributed by atoms with Crippen LogP contribution < -0.4 is 22.8 Å². The van der Waals surface area contributed by atoms with E-state index in [0.717, 1.165) is 44.1 Å². The summed E-state index contributed by atoms with van der Waals surface area (Å²) in [5, 5.41) is 12.8. The molecule has 0 aromatic heterocycles. The van der Waals surface area contributed by atoms with Gasteiger partial charge in [0, 0.05) is 23.6 Å². The summed E-state index contributed by atoms with van der Waals surface area (Å²) in [4.78, 5) is 24.1. The Morgan fingerprint density at radius 3 is 2.16 bits per heavy atom. The van der Waals surface area contributed by atoms with Crippen molar-refractivity contribution >= 4 is 47.1 Å². The molecule has 2 unspecified atom stereocenters. The van der Waals surface area contributed by atoms with Crippen LogP contribution in [0.3, 0.4) is 0 Å². The van der Waals surface area contributed by atoms with Crippen molar-refractivity contribution in [3.63, 3.8) is 0 Å². The lowest BCUT2D eigenvalue weighted by Crippen LogP contribution is -2.55. The Labute approximate surface area is 283 Å². The number of hydrazine groups is 1. The van der Waals surface area contributed by atoms with Crippen molar-refractivity contribution in [2.75, 3.05) is 7.11 Å². The molecule has 3 atom stereocenters. The van der Waals surface area contributed by atoms with Crippen LogP contribution in [0.15, 0.2) is 63.8 Å². The van der Waals surface area contributed by atoms with Crippen molar-refractivity contribution in [1.82, 2.24) is 10.4 Å². The number of halogens is 2. The fourth-order valence-electron chi connectivity index (χ4n) is 4.17. The number of carbonyl (C=O) groups excluding carboxylic acids is 2. The molecule has 260 valence electrons. The number of hydrazone groups is 1. The number of hydrogen-bond donors (Lipinski definition) is 5. The first kappa shape index (κ1) is 49.0. The standard InChI is InChI=1S/C26H38Cl2N2O2.C2H8N4.2C2H6.CH3NO/c1-6-8-9-13-19(3)23(12-7-2)30(24-14-10-11-15-25(24)32-5)26(31)22(29)17-16-21(28)18-20(4)27;1-2(3)5-6-4;2*1-2;2-1-3/h6,8-9,13,16,18,23-25,29H,3,7,10-12,14-15,17H2,1-2,4-5H3;6H,4H2,1H3,(H2,3,5);2*1-2H3;1H,(H2,2,3)/b8-6-,13-9-,20-18+,21-16+,29-22?;;;;/t23-,24?,25?;;;;/m1..../s1. The van der Waals surface area contributed by atoms with Crippen LogP contribution in [0.4, 0.5) is 0 Å². The Morgan fingerprint density at radius 1 is 1.18 bits per heavy atom. The van der Waals surface area contributed by atoms with E-state index < -0.39 is 0 Å². The average molecular weight is 675 g/mol. The number of amides is 2. The number of allylic oxidation sites excluding steroid dienone is 7. The highest BCUT2D eigenvalue weighted by Crippen LogP contribution is 2.31. The zero-order valence-corrected chi connectivity index (χ0v) is 30.5. The van der Waals surface area contributed by atoms with Gasteiger partial charge in [0.05, 0.1) is 18.2 Å². The fourth-order valence-corrected chi connectivity index (χ4v) is 4.58. The smallest absolute Gasteiger partial charge is 0.268 e. The van der Waals surface area contributed by atoms with Crippen molar-refractivity contribution in [3.05, 3.63) is 58.7 Å². The van der Waals surface area contributed by atoms with E-state index in [1.54, 1.807) is 33.1 Å². The highest BCUT2D eigenvalue weighted by molar-refractivity contribution is 6.39. The summed E-state index contributed by atoms with van der Waals surface area (Å²) >= 11 is 12.0. The molecule has 1 rings (SSSR count). The molecule has 1 fully saturated rings. The second kappa shape index (κ2) is 34.0. The number of amidine groups is 1. The first-order valence-electron chi connectivity index (χ1n) is 15.5. The second-order valence-electron chi connectivity index (χ2n) is 9.12. The molecule has 1 aliphatic carbocycles. The first-order chi connectivity index (χ1) is 21.4. The molecule has 1 aliphatic rings. The van der Waals surface area contributed by atoms with E-state index in [1.807, 2.05) is 69.4 Å². The van der Waals surface area contributed by atoms with Gasteiger partial charge in [-0.15, -0.1) is 0 Å². The number of rotatable bonds is 13. The van der Waals surface area contributed by atoms with Crippen molar-refractivity contribution in [2.24, 2.45) is 22.4 Å². The minimum absolute atomic E-state index is 0.00413. The number of hydrogen-bond acceptors (Lipinski definition) is 7. The van der Waals surface area contributed by atoms with Crippen molar-refractivity contribution in [1.29, 1.82) is 5.41 Å². The lowest BCUT2D eigenvalue weighted by Gasteiger charge is -2.44. The van der Waals surface area contributed by atoms with Crippen LogP contribution in [-0.4, -0.2) is 54.1 Å². The van der Waals surface area contributed by atoms with Gasteiger partial charge >= 0.3 is 0 Å². The van der Waals surface area contributed by atoms with E-state index in [-0.39, 0.29) is 42.6 Å². The molecule has 8 N–H and O–H groups in total. The van der Waals surface area contributed by atoms with E-state index in [1.165, 1.54) is 0 Å². The minimum atomic E-state index is -0.287. The van der Waals surface area contributed by atoms with Crippen LogP contribution in [0.5, 0.6) is 0 Å². The molecule has 0 spiro atoms. The molecule has 0 aromatic carbocycles. The third-order valence-corrected chi connectivity index (χ3v) is 6.21. The monoisotopic (exact) mass is 673 g/mol. The Kier molecular flexibility index (Phi) is 37.0. The average Bonchev–Trinajstić information content (AvgIpc) is 3.02. The van der Waals surface area contributed by atoms with Gasteiger partial charge in [0.2, 0.25) is 6.41 Å². The maximum absolute atomic E-state index is 13.6. The molecule has 0 radical (unpaired) electrons. The number of nitrogens with two attached hydrogens (primary N) is 3. The molecule has 0 bridgehead atoms. The third-order valence-electron chi connectivity index (χ3n) is 5.84. The Bertz CT molecular complexity index is 956. The normalized spacial score (nSPS) is 17.1. The SMILES string of the molecule is C/C(N)=N/NN.C=C(/C=C\C=C/C)[C@@H](CCC)N(C(=O)C(=N)C/C=C(Cl)\C=C(/C)Cl)C1CCCCC1OC.CC.CC.NC=O. The van der Waals surface area contributed by atoms with Gasteiger partial charge in [-0.1, -0.05) is 114 Å². The number of primary amides is 1. The topological polar surface area (TPSA) is 173 Å². The van der Waals surface area contributed by atoms with Crippen LogP contribution >= 0.6 is 23.2 Å². The van der Waals surface area contributed by atoms with Crippen LogP contribution in [0, 0.1) is 5.41 Å². The molecule has 0 heterocycles. The molecule has 12 heteroatoms. The maximum atomic E-state index is 13.6. The quantitative estimate of drug-likeness (QED) is 0.0345. The maximum Gasteiger partial charge on any atom is 0.268 e. The fraction of sp³-hybridized carbons (Fsp3) is 0.576. The van der Waals surface area contributed by atoms with Gasteiger partial charge in [0.25, 0.3) is 5.91 Å². The van der Waals surface area contributed by atoms with E-state index >= 15 is 0 Å². The van der Waals surface area contributed by atoms with Gasteiger partial charge in [-0.2, -0.15) is 5.10 Å². The molecule has 45 heavy (non-hydrogen) atoms. The van der Waals surface area contributed by atoms with Gasteiger partial charge in [-0.3, -0.25) is 15.0 Å². The van der Waals surface area contributed by atoms with E-state index in [0.29, 0.717) is 15.9 Å². The predicted octanol–water partition coefficient (Wildman–Crippen LogP) is 7.20. The highest BCUT2D eigenvalue weighted by Gasteiger charge is 2.38. The van der Waals surface area contributed by atoms with Crippen molar-refractivity contribution in [2.45, 2.75) is 119 Å². The zero-order chi connectivity index (χ0) is 35.8. The van der Waals surface area contributed by atoms with Gasteiger partial charge in [0.1, 0.15) is 11.5 Å². The summed E-state index contributed by atoms with van der Waals surface area (Å²) in [5.74, 6) is 4.85. The summed E-state index contributed by atoms with van der Waals surface area (Å²) in [6.45, 7) is 19.7. The number of nitrogens with one attached hydrogen (secondary N) is 2. The van der Waals surface area contributed by atoms with Crippen LogP contribution in [0.2, 0.25) is 0 Å². The largest absolute Gasteiger partial charge is 0.386 e. The Balaban J connectivity index is -0.000000550. The van der Waals surface area contributed by atoms with E-state index in [4.69, 9.17) is 49.7 Å². The predicted molar refractivity (Wildman–Crippen MR) is 195 cm³/mol. The van der Waals surface area contributed by atoms with Crippen molar-refractivity contribution < 1.29 is 14.3 Å². The van der Waals surface area contributed by atoms with Gasteiger partial charge in [0.15, 0.2) is 0 Å². The lowest BCUT2D eigenvalue weighted by molar-refractivity contribution is -0.133. The third kappa shape index (κ3) is 25.0. The van der Waals surface area contributed by atoms with Gasteiger partial charge < -0.3 is 21.1 Å². The molecule has 2 amide bonds. The summed E-state index contributed by atoms with van der Waals surface area (Å²) in [7, 11) is 1.70. The molecular formula is C33H61Cl2N7O3. The number of nitrogens with zero attached hydrogens (tertiary/aromatic N) is 2. The zero-order valence-electron chi connectivity index (χ0n) is 29.0. The van der Waals surface area contributed by atoms with Gasteiger partial charge in [-0.05, 0) is 51.7 Å². The Morgan fingerprint density at radius 2 is 1.73 bits per heavy atom. The Hall–Kier alpha value is -2.92. The van der Waals surface area contributed by atoms with E-state index in [2.05, 4.69) is 24.3 Å². The molecule has 10 nitrogen and oxygen atoms in total. The van der Waals surface area contributed by atoms with Crippen molar-refractivity contribution in [3.8, 4) is 0 Å². The van der Waals surface area contributed by atoms with Crippen LogP contribution in [0.1, 0.15) is 100 Å². The van der Waals surface area contributed by atoms with Crippen LogP contribution in [0.25, 0.3) is 0 Å². The van der Waals surface area contributed by atoms with Crippen LogP contribution in [-0.2, 0) is 14.3 Å². The summed E-state index contributed by atoms with van der Waals surface area (Å²) in [6.07, 6.45) is 16.9. The molecular weight excluding hydrogens is 613 g/mol. The summed E-state index contributed by atoms with van der Waals surface area (Å²) in [6, 6.07) is -0.283. The summed E-state index contributed by atoms with van der Waals surface area (Å²) < 4.78 is 5.78. The second-order valence-corrected chi connectivity index (χ2v) is 10.2. The molecule has 0 saturated heterocycles. The molecule has 0 aromatic rings. The minimum Gasteiger partial charge on any atom is -0.386 e. The summed E-state index contributed by atoms with van der Waals surface area (Å²) in [5.41, 5.74) is 12.1. The lowest BCUT2D eigenvalue weighted by atomic mass is 9.87. The molecule has 0 aliphatic heterocycles. The highest BCUT2D eigenvalue weighted by atomic mass is 35.5. The van der Waals surface area contributed by atoms with E-state index in [9.17, 15) is 4.79 Å². The number of carbonyl (C=O) groups is 2.